The van der Waals surface area contributed by atoms with Crippen molar-refractivity contribution in [1.29, 1.82) is 0 Å². The van der Waals surface area contributed by atoms with Gasteiger partial charge in [0.15, 0.2) is 11.5 Å². The molecule has 1 fully saturated rings. The molecule has 1 aliphatic heterocycles. The zero-order chi connectivity index (χ0) is 27.9. The predicted molar refractivity (Wildman–Crippen MR) is 154 cm³/mol. The summed E-state index contributed by atoms with van der Waals surface area (Å²) in [5.74, 6) is 1.02. The molecule has 0 radical (unpaired) electrons. The molecule has 5 aromatic rings. The summed E-state index contributed by atoms with van der Waals surface area (Å²) in [6, 6.07) is 25.6. The van der Waals surface area contributed by atoms with Crippen molar-refractivity contribution in [3.05, 3.63) is 90.6 Å². The maximum absolute atomic E-state index is 12.6. The van der Waals surface area contributed by atoms with Crippen LogP contribution in [0.25, 0.3) is 39.5 Å². The molecular weight excluding hydrogens is 504 g/mol. The van der Waals surface area contributed by atoms with E-state index in [1.807, 2.05) is 104 Å². The van der Waals surface area contributed by atoms with Gasteiger partial charge in [-0.25, -0.2) is 19.7 Å². The highest BCUT2D eigenvalue weighted by Crippen LogP contribution is 2.34. The summed E-state index contributed by atoms with van der Waals surface area (Å²) in [7, 11) is 0. The number of aromatic nitrogens is 4. The molecule has 4 heterocycles. The number of fused-ring (bicyclic) bond motifs is 1. The van der Waals surface area contributed by atoms with Gasteiger partial charge in [0.05, 0.1) is 24.5 Å². The van der Waals surface area contributed by atoms with E-state index < -0.39 is 17.2 Å². The third-order valence-electron chi connectivity index (χ3n) is 6.77. The molecule has 0 bridgehead atoms. The Morgan fingerprint density at radius 3 is 2.38 bits per heavy atom. The summed E-state index contributed by atoms with van der Waals surface area (Å²) in [6.45, 7) is 6.23. The van der Waals surface area contributed by atoms with E-state index in [1.165, 1.54) is 0 Å². The highest BCUT2D eigenvalue weighted by atomic mass is 16.6. The molecule has 0 aliphatic carbocycles. The number of rotatable bonds is 5. The summed E-state index contributed by atoms with van der Waals surface area (Å²) in [6.07, 6.45) is 1.18. The third kappa shape index (κ3) is 4.76. The highest BCUT2D eigenvalue weighted by molar-refractivity contribution is 5.84. The van der Waals surface area contributed by atoms with Crippen LogP contribution in [-0.2, 0) is 15.0 Å². The smallest absolute Gasteiger partial charge is 0.408 e. The SMILES string of the molecule is CC(C)(C)OC(=O)NC1(c2ccc(-n3c(-c4cccnc4N)nc4ccc(-c5ccccc5)nc43)cc2)COC1. The zero-order valence-corrected chi connectivity index (χ0v) is 22.6. The quantitative estimate of drug-likeness (QED) is 0.307. The van der Waals surface area contributed by atoms with Crippen molar-refractivity contribution in [3.8, 4) is 28.3 Å². The molecule has 0 saturated carbocycles. The van der Waals surface area contributed by atoms with Crippen molar-refractivity contribution in [2.45, 2.75) is 31.9 Å². The van der Waals surface area contributed by atoms with Crippen LogP contribution in [0.3, 0.4) is 0 Å². The second-order valence-electron chi connectivity index (χ2n) is 10.9. The average molecular weight is 535 g/mol. The highest BCUT2D eigenvalue weighted by Gasteiger charge is 2.43. The molecule has 9 nitrogen and oxygen atoms in total. The van der Waals surface area contributed by atoms with E-state index in [4.69, 9.17) is 25.2 Å². The van der Waals surface area contributed by atoms with Gasteiger partial charge in [-0.05, 0) is 62.7 Å². The number of carbonyl (C=O) groups is 1. The van der Waals surface area contributed by atoms with E-state index in [2.05, 4.69) is 10.3 Å². The molecule has 1 amide bonds. The number of anilines is 1. The van der Waals surface area contributed by atoms with E-state index in [1.54, 1.807) is 6.20 Å². The number of hydrogen-bond donors (Lipinski definition) is 2. The molecule has 40 heavy (non-hydrogen) atoms. The van der Waals surface area contributed by atoms with E-state index in [0.29, 0.717) is 36.1 Å². The number of hydrogen-bond acceptors (Lipinski definition) is 7. The van der Waals surface area contributed by atoms with Crippen LogP contribution in [-0.4, -0.2) is 44.4 Å². The third-order valence-corrected chi connectivity index (χ3v) is 6.77. The van der Waals surface area contributed by atoms with Crippen LogP contribution in [0.15, 0.2) is 85.1 Å². The molecule has 3 aromatic heterocycles. The fourth-order valence-corrected chi connectivity index (χ4v) is 4.80. The first-order valence-corrected chi connectivity index (χ1v) is 13.1. The average Bonchev–Trinajstić information content (AvgIpc) is 3.29. The normalized spacial score (nSPS) is 14.5. The van der Waals surface area contributed by atoms with Gasteiger partial charge in [-0.1, -0.05) is 42.5 Å². The van der Waals surface area contributed by atoms with Crippen LogP contribution in [0.1, 0.15) is 26.3 Å². The molecule has 202 valence electrons. The topological polar surface area (TPSA) is 117 Å². The molecule has 0 spiro atoms. The number of benzene rings is 2. The van der Waals surface area contributed by atoms with Crippen LogP contribution in [0, 0.1) is 0 Å². The number of ether oxygens (including phenoxy) is 2. The number of carbonyl (C=O) groups excluding carboxylic acids is 1. The van der Waals surface area contributed by atoms with E-state index in [9.17, 15) is 4.79 Å². The maximum atomic E-state index is 12.6. The van der Waals surface area contributed by atoms with Crippen LogP contribution in [0.2, 0.25) is 0 Å². The van der Waals surface area contributed by atoms with Gasteiger partial charge >= 0.3 is 6.09 Å². The monoisotopic (exact) mass is 534 g/mol. The van der Waals surface area contributed by atoms with Crippen molar-refractivity contribution < 1.29 is 14.3 Å². The first-order valence-electron chi connectivity index (χ1n) is 13.1. The predicted octanol–water partition coefficient (Wildman–Crippen LogP) is 5.48. The van der Waals surface area contributed by atoms with Crippen LogP contribution >= 0.6 is 0 Å². The van der Waals surface area contributed by atoms with Crippen molar-refractivity contribution in [3.63, 3.8) is 0 Å². The number of imidazole rings is 1. The number of nitrogens with zero attached hydrogens (tertiary/aromatic N) is 4. The Balaban J connectivity index is 1.44. The minimum atomic E-state index is -0.660. The first-order chi connectivity index (χ1) is 19.2. The van der Waals surface area contributed by atoms with Crippen molar-refractivity contribution in [2.24, 2.45) is 0 Å². The Morgan fingerprint density at radius 1 is 0.975 bits per heavy atom. The molecule has 6 rings (SSSR count). The number of pyridine rings is 2. The summed E-state index contributed by atoms with van der Waals surface area (Å²) in [5, 5.41) is 3.01. The van der Waals surface area contributed by atoms with Crippen molar-refractivity contribution in [2.75, 3.05) is 18.9 Å². The molecule has 0 unspecified atom stereocenters. The summed E-state index contributed by atoms with van der Waals surface area (Å²) >= 11 is 0. The lowest BCUT2D eigenvalue weighted by Gasteiger charge is -2.42. The fraction of sp³-hybridized carbons (Fsp3) is 0.226. The Labute approximate surface area is 232 Å². The first kappa shape index (κ1) is 25.5. The van der Waals surface area contributed by atoms with Crippen LogP contribution in [0.5, 0.6) is 0 Å². The minimum absolute atomic E-state index is 0.360. The summed E-state index contributed by atoms with van der Waals surface area (Å²) < 4.78 is 13.0. The Hall–Kier alpha value is -4.76. The second-order valence-corrected chi connectivity index (χ2v) is 10.9. The van der Waals surface area contributed by atoms with Crippen LogP contribution in [0.4, 0.5) is 10.6 Å². The lowest BCUT2D eigenvalue weighted by molar-refractivity contribution is -0.0797. The van der Waals surface area contributed by atoms with Gasteiger partial charge in [-0.3, -0.25) is 4.57 Å². The fourth-order valence-electron chi connectivity index (χ4n) is 4.80. The van der Waals surface area contributed by atoms with Gasteiger partial charge < -0.3 is 20.5 Å². The molecule has 9 heteroatoms. The Kier molecular flexibility index (Phi) is 6.23. The van der Waals surface area contributed by atoms with E-state index in [0.717, 1.165) is 28.0 Å². The minimum Gasteiger partial charge on any atom is -0.444 e. The Morgan fingerprint density at radius 2 is 1.73 bits per heavy atom. The number of nitrogens with two attached hydrogens (primary N) is 1. The number of amides is 1. The zero-order valence-electron chi connectivity index (χ0n) is 22.6. The molecule has 0 atom stereocenters. The summed E-state index contributed by atoms with van der Waals surface area (Å²) in [4.78, 5) is 26.8. The lowest BCUT2D eigenvalue weighted by atomic mass is 9.88. The van der Waals surface area contributed by atoms with Crippen molar-refractivity contribution in [1.82, 2.24) is 24.8 Å². The lowest BCUT2D eigenvalue weighted by Crippen LogP contribution is -2.60. The molecule has 1 saturated heterocycles. The van der Waals surface area contributed by atoms with Crippen molar-refractivity contribution >= 4 is 23.1 Å². The molecule has 2 aromatic carbocycles. The summed E-state index contributed by atoms with van der Waals surface area (Å²) in [5.41, 5.74) is 10.8. The van der Waals surface area contributed by atoms with Gasteiger partial charge in [-0.2, -0.15) is 0 Å². The Bertz CT molecular complexity index is 1690. The van der Waals surface area contributed by atoms with Crippen LogP contribution < -0.4 is 11.1 Å². The molecular formula is C31H30N6O3. The van der Waals surface area contributed by atoms with E-state index in [-0.39, 0.29) is 0 Å². The number of nitrogen functional groups attached to an aromatic ring is 1. The van der Waals surface area contributed by atoms with Gasteiger partial charge in [0.25, 0.3) is 0 Å². The maximum Gasteiger partial charge on any atom is 0.408 e. The van der Waals surface area contributed by atoms with Gasteiger partial charge in [-0.15, -0.1) is 0 Å². The van der Waals surface area contributed by atoms with Gasteiger partial charge in [0, 0.05) is 17.4 Å². The molecule has 3 N–H and O–H groups in total. The number of alkyl carbamates (subject to hydrolysis) is 1. The number of nitrogens with one attached hydrogen (secondary N) is 1. The van der Waals surface area contributed by atoms with E-state index >= 15 is 0 Å². The second kappa shape index (κ2) is 9.77. The standard InChI is InChI=1S/C31H30N6O3/c1-30(2,3)40-29(38)36-31(18-39-19-31)21-11-13-22(14-12-21)37-27(23-10-7-17-33-26(23)32)35-25-16-15-24(34-28(25)37)20-8-5-4-6-9-20/h4-17H,18-19H2,1-3H3,(H2,32,33)(H,36,38). The van der Waals surface area contributed by atoms with Gasteiger partial charge in [0.1, 0.15) is 22.5 Å². The molecule has 1 aliphatic rings. The largest absolute Gasteiger partial charge is 0.444 e. The van der Waals surface area contributed by atoms with Gasteiger partial charge in [0.2, 0.25) is 0 Å².